The molecule has 0 amide bonds. The van der Waals surface area contributed by atoms with Crippen LogP contribution < -0.4 is 0 Å². The summed E-state index contributed by atoms with van der Waals surface area (Å²) in [5.74, 6) is 0. The molecular weight excluding hydrogens is 391 g/mol. The molecule has 1 aliphatic heterocycles. The number of rotatable bonds is 6. The van der Waals surface area contributed by atoms with E-state index in [4.69, 9.17) is 23.1 Å². The van der Waals surface area contributed by atoms with Gasteiger partial charge in [0.05, 0.1) is 12.4 Å². The van der Waals surface area contributed by atoms with Crippen molar-refractivity contribution in [3.05, 3.63) is 0 Å². The first kappa shape index (κ1) is 17.5. The Balaban J connectivity index is 3.02. The maximum atomic E-state index is 11.4. The predicted octanol–water partition coefficient (Wildman–Crippen LogP) is 0.167. The lowest BCUT2D eigenvalue weighted by Crippen LogP contribution is -2.61. The smallest absolute Gasteiger partial charge is 0.264 e. The fourth-order valence-electron chi connectivity index (χ4n) is 2.03. The average Bonchev–Trinajstić information content (AvgIpc) is 2.35. The first-order valence-electron chi connectivity index (χ1n) is 5.56. The van der Waals surface area contributed by atoms with E-state index < -0.39 is 40.8 Å². The second kappa shape index (κ2) is 7.48. The SMILES string of the molecule is CO[C@H]1O[C@H](CI)[C@@H](OS(C)(=O)=O)[C@H](OC)[C@H]1OC. The van der Waals surface area contributed by atoms with E-state index in [1.807, 2.05) is 0 Å². The molecule has 5 atom stereocenters. The maximum absolute atomic E-state index is 11.4. The van der Waals surface area contributed by atoms with Gasteiger partial charge in [-0.05, 0) is 0 Å². The third kappa shape index (κ3) is 4.48. The molecule has 1 rings (SSSR count). The van der Waals surface area contributed by atoms with Crippen molar-refractivity contribution in [2.75, 3.05) is 32.0 Å². The average molecular weight is 410 g/mol. The Morgan fingerprint density at radius 2 is 1.63 bits per heavy atom. The highest BCUT2D eigenvalue weighted by atomic mass is 127. The standard InChI is InChI=1S/C10H19IO7S/c1-14-8-7(18-19(4,12)13)6(5-11)17-10(16-3)9(8)15-2/h6-10H,5H2,1-4H3/t6-,7-,8+,9-,10+/m1/s1. The molecule has 0 aromatic heterocycles. The molecule has 0 N–H and O–H groups in total. The summed E-state index contributed by atoms with van der Waals surface area (Å²) in [5, 5.41) is 0. The van der Waals surface area contributed by atoms with Crippen LogP contribution in [-0.4, -0.2) is 71.1 Å². The molecule has 0 radical (unpaired) electrons. The van der Waals surface area contributed by atoms with Crippen molar-refractivity contribution in [3.63, 3.8) is 0 Å². The Kier molecular flexibility index (Phi) is 6.90. The van der Waals surface area contributed by atoms with Crippen LogP contribution in [0, 0.1) is 0 Å². The van der Waals surface area contributed by atoms with E-state index in [1.165, 1.54) is 21.3 Å². The van der Waals surface area contributed by atoms with E-state index in [0.29, 0.717) is 4.43 Å². The lowest BCUT2D eigenvalue weighted by atomic mass is 9.99. The lowest BCUT2D eigenvalue weighted by Gasteiger charge is -2.43. The van der Waals surface area contributed by atoms with Crippen LogP contribution in [-0.2, 0) is 33.2 Å². The minimum Gasteiger partial charge on any atom is -0.376 e. The Morgan fingerprint density at radius 3 is 2.00 bits per heavy atom. The van der Waals surface area contributed by atoms with Crippen molar-refractivity contribution >= 4 is 32.7 Å². The van der Waals surface area contributed by atoms with Crippen molar-refractivity contribution in [2.24, 2.45) is 0 Å². The van der Waals surface area contributed by atoms with Crippen LogP contribution in [0.4, 0.5) is 0 Å². The van der Waals surface area contributed by atoms with Gasteiger partial charge in [-0.25, -0.2) is 0 Å². The predicted molar refractivity (Wildman–Crippen MR) is 75.9 cm³/mol. The molecule has 0 unspecified atom stereocenters. The monoisotopic (exact) mass is 410 g/mol. The number of hydrogen-bond acceptors (Lipinski definition) is 7. The number of ether oxygens (including phenoxy) is 4. The zero-order valence-electron chi connectivity index (χ0n) is 11.2. The van der Waals surface area contributed by atoms with Gasteiger partial charge in [-0.1, -0.05) is 22.6 Å². The molecule has 19 heavy (non-hydrogen) atoms. The first-order valence-corrected chi connectivity index (χ1v) is 8.90. The minimum absolute atomic E-state index is 0.461. The van der Waals surface area contributed by atoms with Crippen molar-refractivity contribution in [2.45, 2.75) is 30.7 Å². The summed E-state index contributed by atoms with van der Waals surface area (Å²) in [6.45, 7) is 0. The van der Waals surface area contributed by atoms with Crippen LogP contribution >= 0.6 is 22.6 Å². The van der Waals surface area contributed by atoms with Crippen LogP contribution in [0.15, 0.2) is 0 Å². The number of methoxy groups -OCH3 is 3. The minimum atomic E-state index is -3.63. The third-order valence-electron chi connectivity index (χ3n) is 2.81. The van der Waals surface area contributed by atoms with Crippen LogP contribution in [0.2, 0.25) is 0 Å². The topological polar surface area (TPSA) is 80.3 Å². The van der Waals surface area contributed by atoms with E-state index in [2.05, 4.69) is 22.6 Å². The lowest BCUT2D eigenvalue weighted by molar-refractivity contribution is -0.289. The summed E-state index contributed by atoms with van der Waals surface area (Å²) in [6, 6.07) is 0. The molecule has 0 aromatic carbocycles. The number of hydrogen-bond donors (Lipinski definition) is 0. The summed E-state index contributed by atoms with van der Waals surface area (Å²) >= 11 is 2.09. The van der Waals surface area contributed by atoms with Crippen LogP contribution in [0.25, 0.3) is 0 Å². The van der Waals surface area contributed by atoms with Gasteiger partial charge in [-0.15, -0.1) is 0 Å². The number of alkyl halides is 1. The molecule has 1 saturated heterocycles. The van der Waals surface area contributed by atoms with E-state index in [1.54, 1.807) is 0 Å². The van der Waals surface area contributed by atoms with Crippen molar-refractivity contribution in [1.29, 1.82) is 0 Å². The molecule has 1 heterocycles. The van der Waals surface area contributed by atoms with E-state index in [0.717, 1.165) is 6.26 Å². The Hall–Kier alpha value is 0.480. The van der Waals surface area contributed by atoms with Crippen molar-refractivity contribution in [1.82, 2.24) is 0 Å². The summed E-state index contributed by atoms with van der Waals surface area (Å²) in [5.41, 5.74) is 0. The second-order valence-corrected chi connectivity index (χ2v) is 6.58. The molecule has 1 aliphatic rings. The van der Waals surface area contributed by atoms with Gasteiger partial charge >= 0.3 is 0 Å². The summed E-state index contributed by atoms with van der Waals surface area (Å²) in [4.78, 5) is 0. The number of halogens is 1. The highest BCUT2D eigenvalue weighted by Gasteiger charge is 2.48. The fourth-order valence-corrected chi connectivity index (χ4v) is 3.37. The fraction of sp³-hybridized carbons (Fsp3) is 1.00. The zero-order valence-corrected chi connectivity index (χ0v) is 14.2. The molecule has 0 aliphatic carbocycles. The first-order chi connectivity index (χ1) is 8.87. The van der Waals surface area contributed by atoms with Gasteiger partial charge in [-0.3, -0.25) is 4.18 Å². The Bertz CT molecular complexity index is 374. The normalized spacial score (nSPS) is 36.4. The Labute approximate surface area is 127 Å². The van der Waals surface area contributed by atoms with E-state index in [9.17, 15) is 8.42 Å². The van der Waals surface area contributed by atoms with Crippen LogP contribution in [0.1, 0.15) is 0 Å². The van der Waals surface area contributed by atoms with Crippen LogP contribution in [0.5, 0.6) is 0 Å². The van der Waals surface area contributed by atoms with Gasteiger partial charge in [-0.2, -0.15) is 8.42 Å². The van der Waals surface area contributed by atoms with Crippen molar-refractivity contribution < 1.29 is 31.5 Å². The molecular formula is C10H19IO7S. The largest absolute Gasteiger partial charge is 0.376 e. The molecule has 114 valence electrons. The molecule has 1 fully saturated rings. The summed E-state index contributed by atoms with van der Waals surface area (Å²) in [7, 11) is 0.816. The summed E-state index contributed by atoms with van der Waals surface area (Å²) < 4.78 is 49.8. The quantitative estimate of drug-likeness (QED) is 0.351. The zero-order chi connectivity index (χ0) is 14.6. The molecule has 0 aromatic rings. The van der Waals surface area contributed by atoms with Gasteiger partial charge in [0, 0.05) is 25.8 Å². The molecule has 0 bridgehead atoms. The van der Waals surface area contributed by atoms with Crippen molar-refractivity contribution in [3.8, 4) is 0 Å². The highest BCUT2D eigenvalue weighted by molar-refractivity contribution is 14.1. The highest BCUT2D eigenvalue weighted by Crippen LogP contribution is 2.29. The van der Waals surface area contributed by atoms with Crippen LogP contribution in [0.3, 0.4) is 0 Å². The van der Waals surface area contributed by atoms with Gasteiger partial charge in [0.15, 0.2) is 6.29 Å². The second-order valence-electron chi connectivity index (χ2n) is 4.10. The molecule has 7 nitrogen and oxygen atoms in total. The van der Waals surface area contributed by atoms with E-state index in [-0.39, 0.29) is 0 Å². The van der Waals surface area contributed by atoms with E-state index >= 15 is 0 Å². The van der Waals surface area contributed by atoms with Gasteiger partial charge in [0.25, 0.3) is 10.1 Å². The Morgan fingerprint density at radius 1 is 1.05 bits per heavy atom. The van der Waals surface area contributed by atoms with Gasteiger partial charge < -0.3 is 18.9 Å². The van der Waals surface area contributed by atoms with Gasteiger partial charge in [0.2, 0.25) is 0 Å². The third-order valence-corrected chi connectivity index (χ3v) is 4.25. The molecule has 0 saturated carbocycles. The molecule has 0 spiro atoms. The summed E-state index contributed by atoms with van der Waals surface area (Å²) in [6.07, 6.45) is -2.04. The maximum Gasteiger partial charge on any atom is 0.264 e. The molecule has 9 heteroatoms. The van der Waals surface area contributed by atoms with Gasteiger partial charge in [0.1, 0.15) is 18.3 Å².